The number of carbonyl (C=O) groups excluding carboxylic acids is 1. The predicted molar refractivity (Wildman–Crippen MR) is 72.0 cm³/mol. The summed E-state index contributed by atoms with van der Waals surface area (Å²) >= 11 is 5.64. The van der Waals surface area contributed by atoms with E-state index in [1.54, 1.807) is 0 Å². The van der Waals surface area contributed by atoms with Crippen LogP contribution in [-0.2, 0) is 4.79 Å². The zero-order chi connectivity index (χ0) is 15.4. The van der Waals surface area contributed by atoms with E-state index in [0.717, 1.165) is 11.0 Å². The molecule has 0 radical (unpaired) electrons. The van der Waals surface area contributed by atoms with Gasteiger partial charge in [0, 0.05) is 18.8 Å². The summed E-state index contributed by atoms with van der Waals surface area (Å²) in [7, 11) is 1.30. The lowest BCUT2D eigenvalue weighted by molar-refractivity contribution is -0.384. The topological polar surface area (TPSA) is 113 Å². The number of nitrogens with one attached hydrogen (secondary N) is 1. The number of amides is 2. The lowest BCUT2D eigenvalue weighted by atomic mass is 10.2. The number of carboxylic acids is 1. The molecule has 0 saturated heterocycles. The molecule has 0 heterocycles. The first-order valence-corrected chi connectivity index (χ1v) is 5.82. The third-order valence-electron chi connectivity index (χ3n) is 2.65. The molecule has 1 rings (SSSR count). The highest BCUT2D eigenvalue weighted by atomic mass is 35.5. The standard InChI is InChI=1S/C11H12ClN3O5/c1-6(10(16)17)14(2)11(18)13-7-3-4-8(12)9(5-7)15(19)20/h3-6H,1-2H3,(H,13,18)(H,16,17). The van der Waals surface area contributed by atoms with Gasteiger partial charge in [0.25, 0.3) is 5.69 Å². The van der Waals surface area contributed by atoms with Gasteiger partial charge in [0.05, 0.1) is 4.92 Å². The van der Waals surface area contributed by atoms with Crippen molar-refractivity contribution in [2.75, 3.05) is 12.4 Å². The Bertz CT molecular complexity index is 563. The molecule has 20 heavy (non-hydrogen) atoms. The van der Waals surface area contributed by atoms with E-state index in [4.69, 9.17) is 16.7 Å². The van der Waals surface area contributed by atoms with Crippen LogP contribution in [0.5, 0.6) is 0 Å². The van der Waals surface area contributed by atoms with Gasteiger partial charge < -0.3 is 15.3 Å². The molecule has 2 N–H and O–H groups in total. The van der Waals surface area contributed by atoms with Crippen molar-refractivity contribution in [3.8, 4) is 0 Å². The number of anilines is 1. The fourth-order valence-corrected chi connectivity index (χ4v) is 1.47. The average Bonchev–Trinajstić information content (AvgIpc) is 2.38. The van der Waals surface area contributed by atoms with E-state index in [9.17, 15) is 19.7 Å². The Morgan fingerprint density at radius 2 is 2.10 bits per heavy atom. The average molecular weight is 302 g/mol. The first-order valence-electron chi connectivity index (χ1n) is 5.44. The third-order valence-corrected chi connectivity index (χ3v) is 2.97. The van der Waals surface area contributed by atoms with Crippen LogP contribution < -0.4 is 5.32 Å². The van der Waals surface area contributed by atoms with Crippen LogP contribution in [0, 0.1) is 10.1 Å². The molecule has 0 spiro atoms. The number of hydrogen-bond acceptors (Lipinski definition) is 4. The van der Waals surface area contributed by atoms with Crippen molar-refractivity contribution in [1.82, 2.24) is 4.90 Å². The largest absolute Gasteiger partial charge is 0.480 e. The van der Waals surface area contributed by atoms with Crippen LogP contribution in [0.25, 0.3) is 0 Å². The molecule has 1 aromatic carbocycles. The molecule has 2 amide bonds. The molecule has 0 aliphatic carbocycles. The van der Waals surface area contributed by atoms with Crippen LogP contribution in [0.15, 0.2) is 18.2 Å². The molecule has 0 saturated carbocycles. The number of halogens is 1. The zero-order valence-corrected chi connectivity index (χ0v) is 11.4. The smallest absolute Gasteiger partial charge is 0.326 e. The summed E-state index contributed by atoms with van der Waals surface area (Å²) in [5, 5.41) is 21.8. The maximum absolute atomic E-state index is 11.8. The van der Waals surface area contributed by atoms with Crippen LogP contribution >= 0.6 is 11.6 Å². The molecule has 0 aliphatic heterocycles. The molecule has 1 aromatic rings. The van der Waals surface area contributed by atoms with Gasteiger partial charge in [0.2, 0.25) is 0 Å². The lowest BCUT2D eigenvalue weighted by Crippen LogP contribution is -2.42. The van der Waals surface area contributed by atoms with Crippen molar-refractivity contribution in [2.24, 2.45) is 0 Å². The van der Waals surface area contributed by atoms with Crippen LogP contribution in [0.1, 0.15) is 6.92 Å². The minimum atomic E-state index is -1.16. The van der Waals surface area contributed by atoms with Crippen LogP contribution in [0.4, 0.5) is 16.2 Å². The number of hydrogen-bond donors (Lipinski definition) is 2. The minimum absolute atomic E-state index is 0.0553. The van der Waals surface area contributed by atoms with E-state index in [2.05, 4.69) is 5.32 Å². The number of benzene rings is 1. The van der Waals surface area contributed by atoms with Gasteiger partial charge in [-0.2, -0.15) is 0 Å². The van der Waals surface area contributed by atoms with Gasteiger partial charge in [-0.1, -0.05) is 11.6 Å². The highest BCUT2D eigenvalue weighted by molar-refractivity contribution is 6.32. The van der Waals surface area contributed by atoms with E-state index < -0.39 is 23.0 Å². The van der Waals surface area contributed by atoms with Crippen molar-refractivity contribution >= 4 is 35.0 Å². The number of rotatable bonds is 4. The van der Waals surface area contributed by atoms with Crippen LogP contribution in [0.2, 0.25) is 5.02 Å². The Balaban J connectivity index is 2.89. The molecular weight excluding hydrogens is 290 g/mol. The van der Waals surface area contributed by atoms with Gasteiger partial charge in [0.15, 0.2) is 0 Å². The number of nitro groups is 1. The number of carboxylic acid groups (broad SMARTS) is 1. The zero-order valence-electron chi connectivity index (χ0n) is 10.7. The monoisotopic (exact) mass is 301 g/mol. The van der Waals surface area contributed by atoms with E-state index in [1.165, 1.54) is 26.1 Å². The molecule has 0 aromatic heterocycles. The Kier molecular flexibility index (Phi) is 4.87. The number of carbonyl (C=O) groups is 2. The Morgan fingerprint density at radius 3 is 2.60 bits per heavy atom. The summed E-state index contributed by atoms with van der Waals surface area (Å²) in [4.78, 5) is 33.5. The fourth-order valence-electron chi connectivity index (χ4n) is 1.28. The van der Waals surface area contributed by atoms with Gasteiger partial charge in [-0.25, -0.2) is 9.59 Å². The maximum atomic E-state index is 11.8. The number of aliphatic carboxylic acids is 1. The molecule has 0 fully saturated rings. The first-order chi connectivity index (χ1) is 9.23. The molecular formula is C11H12ClN3O5. The SMILES string of the molecule is CC(C(=O)O)N(C)C(=O)Nc1ccc(Cl)c([N+](=O)[O-])c1. The van der Waals surface area contributed by atoms with Gasteiger partial charge in [-0.05, 0) is 19.1 Å². The molecule has 1 unspecified atom stereocenters. The van der Waals surface area contributed by atoms with E-state index in [0.29, 0.717) is 0 Å². The number of urea groups is 1. The highest BCUT2D eigenvalue weighted by Crippen LogP contribution is 2.27. The van der Waals surface area contributed by atoms with Gasteiger partial charge in [-0.3, -0.25) is 10.1 Å². The van der Waals surface area contributed by atoms with E-state index in [-0.39, 0.29) is 16.4 Å². The Labute approximate surface area is 119 Å². The second-order valence-electron chi connectivity index (χ2n) is 3.98. The van der Waals surface area contributed by atoms with Gasteiger partial charge >= 0.3 is 12.0 Å². The highest BCUT2D eigenvalue weighted by Gasteiger charge is 2.22. The molecule has 0 bridgehead atoms. The predicted octanol–water partition coefficient (Wildman–Crippen LogP) is 2.18. The number of nitro benzene ring substituents is 1. The van der Waals surface area contributed by atoms with Gasteiger partial charge in [-0.15, -0.1) is 0 Å². The molecule has 108 valence electrons. The van der Waals surface area contributed by atoms with E-state index in [1.807, 2.05) is 0 Å². The molecule has 8 nitrogen and oxygen atoms in total. The molecule has 1 atom stereocenters. The normalized spacial score (nSPS) is 11.6. The second-order valence-corrected chi connectivity index (χ2v) is 4.39. The van der Waals surface area contributed by atoms with Gasteiger partial charge in [0.1, 0.15) is 11.1 Å². The molecule has 9 heteroatoms. The minimum Gasteiger partial charge on any atom is -0.480 e. The van der Waals surface area contributed by atoms with Crippen molar-refractivity contribution in [3.63, 3.8) is 0 Å². The van der Waals surface area contributed by atoms with Crippen molar-refractivity contribution in [2.45, 2.75) is 13.0 Å². The van der Waals surface area contributed by atoms with E-state index >= 15 is 0 Å². The quantitative estimate of drug-likeness (QED) is 0.653. The molecule has 0 aliphatic rings. The second kappa shape index (κ2) is 6.20. The van der Waals surface area contributed by atoms with Crippen molar-refractivity contribution in [3.05, 3.63) is 33.3 Å². The Morgan fingerprint density at radius 1 is 1.50 bits per heavy atom. The fraction of sp³-hybridized carbons (Fsp3) is 0.273. The summed E-state index contributed by atoms with van der Waals surface area (Å²) in [5.74, 6) is -1.16. The number of nitrogens with zero attached hydrogens (tertiary/aromatic N) is 2. The summed E-state index contributed by atoms with van der Waals surface area (Å²) in [6, 6.07) is 2.02. The summed E-state index contributed by atoms with van der Waals surface area (Å²) in [6.07, 6.45) is 0. The third kappa shape index (κ3) is 3.58. The van der Waals surface area contributed by atoms with Crippen LogP contribution in [0.3, 0.4) is 0 Å². The number of likely N-dealkylation sites (N-methyl/N-ethyl adjacent to an activating group) is 1. The van der Waals surface area contributed by atoms with Crippen molar-refractivity contribution in [1.29, 1.82) is 0 Å². The lowest BCUT2D eigenvalue weighted by Gasteiger charge is -2.21. The maximum Gasteiger partial charge on any atom is 0.326 e. The summed E-state index contributed by atoms with van der Waals surface area (Å²) < 4.78 is 0. The summed E-state index contributed by atoms with van der Waals surface area (Å²) in [6.45, 7) is 1.34. The first kappa shape index (κ1) is 15.7. The summed E-state index contributed by atoms with van der Waals surface area (Å²) in [5.41, 5.74) is -0.200. The Hall–Kier alpha value is -2.35. The van der Waals surface area contributed by atoms with Crippen LogP contribution in [-0.4, -0.2) is 40.0 Å². The van der Waals surface area contributed by atoms with Crippen molar-refractivity contribution < 1.29 is 19.6 Å².